The zero-order chi connectivity index (χ0) is 19.0. The smallest absolute Gasteiger partial charge is 0.265 e. The molecule has 0 radical (unpaired) electrons. The highest BCUT2D eigenvalue weighted by molar-refractivity contribution is 6.07. The second kappa shape index (κ2) is 6.81. The Morgan fingerprint density at radius 1 is 1.11 bits per heavy atom. The molecule has 6 nitrogen and oxygen atoms in total. The van der Waals surface area contributed by atoms with Gasteiger partial charge in [0.15, 0.2) is 5.65 Å². The quantitative estimate of drug-likeness (QED) is 0.433. The van der Waals surface area contributed by atoms with Crippen LogP contribution in [-0.4, -0.2) is 34.9 Å². The van der Waals surface area contributed by atoms with Crippen LogP contribution in [0.3, 0.4) is 0 Å². The summed E-state index contributed by atoms with van der Waals surface area (Å²) in [5, 5.41) is 8.40. The lowest BCUT2D eigenvalue weighted by Gasteiger charge is -2.13. The molecule has 1 amide bonds. The van der Waals surface area contributed by atoms with Crippen LogP contribution >= 0.6 is 0 Å². The number of carbonyl (C=O) groups is 1. The van der Waals surface area contributed by atoms with Gasteiger partial charge in [-0.25, -0.2) is 4.98 Å². The maximum Gasteiger partial charge on any atom is 0.265 e. The Hall–Kier alpha value is -3.25. The van der Waals surface area contributed by atoms with Crippen LogP contribution in [0.2, 0.25) is 0 Å². The molecule has 4 rings (SSSR count). The summed E-state index contributed by atoms with van der Waals surface area (Å²) in [5.74, 6) is -0.248. The number of rotatable bonds is 4. The number of likely N-dealkylation sites (N-methyl/N-ethyl adjacent to an activating group) is 1. The predicted octanol–water partition coefficient (Wildman–Crippen LogP) is 2.34. The second-order valence-electron chi connectivity index (χ2n) is 6.62. The molecule has 0 spiro atoms. The number of nitrogens with zero attached hydrogens (tertiary/aromatic N) is 2. The van der Waals surface area contributed by atoms with Crippen molar-refractivity contribution in [1.82, 2.24) is 20.0 Å². The van der Waals surface area contributed by atoms with E-state index in [1.165, 1.54) is 4.40 Å². The molecule has 0 saturated carbocycles. The largest absolute Gasteiger partial charge is 0.350 e. The van der Waals surface area contributed by atoms with Crippen molar-refractivity contribution in [3.8, 4) is 0 Å². The van der Waals surface area contributed by atoms with E-state index in [1.807, 2.05) is 44.3 Å². The van der Waals surface area contributed by atoms with E-state index >= 15 is 0 Å². The Kier molecular flexibility index (Phi) is 4.33. The first-order valence-corrected chi connectivity index (χ1v) is 8.88. The molecular formula is C21H20N4O2. The van der Waals surface area contributed by atoms with Crippen LogP contribution in [0.15, 0.2) is 59.5 Å². The number of carbonyl (C=O) groups excluding carboxylic acids is 1. The van der Waals surface area contributed by atoms with Gasteiger partial charge >= 0.3 is 0 Å². The van der Waals surface area contributed by atoms with Gasteiger partial charge in [0.25, 0.3) is 11.5 Å². The van der Waals surface area contributed by atoms with Crippen molar-refractivity contribution in [3.05, 3.63) is 70.6 Å². The van der Waals surface area contributed by atoms with E-state index in [1.54, 1.807) is 24.4 Å². The molecule has 0 aliphatic heterocycles. The van der Waals surface area contributed by atoms with Gasteiger partial charge in [0.2, 0.25) is 0 Å². The number of aromatic nitrogens is 2. The van der Waals surface area contributed by atoms with Crippen molar-refractivity contribution in [2.45, 2.75) is 13.0 Å². The van der Waals surface area contributed by atoms with Crippen LogP contribution in [0.5, 0.6) is 0 Å². The number of benzene rings is 2. The number of hydrogen-bond donors (Lipinski definition) is 2. The Morgan fingerprint density at radius 2 is 1.93 bits per heavy atom. The molecule has 0 bridgehead atoms. The molecule has 2 aromatic carbocycles. The van der Waals surface area contributed by atoms with Crippen molar-refractivity contribution in [2.75, 3.05) is 13.6 Å². The van der Waals surface area contributed by atoms with Crippen molar-refractivity contribution in [2.24, 2.45) is 0 Å². The summed E-state index contributed by atoms with van der Waals surface area (Å²) in [7, 11) is 1.84. The van der Waals surface area contributed by atoms with E-state index in [0.717, 1.165) is 10.8 Å². The zero-order valence-electron chi connectivity index (χ0n) is 15.2. The van der Waals surface area contributed by atoms with E-state index in [0.29, 0.717) is 28.7 Å². The van der Waals surface area contributed by atoms with Gasteiger partial charge in [-0.2, -0.15) is 0 Å². The third-order valence-corrected chi connectivity index (χ3v) is 4.84. The molecule has 6 heteroatoms. The maximum absolute atomic E-state index is 13.0. The molecular weight excluding hydrogens is 340 g/mol. The Bertz CT molecular complexity index is 1230. The summed E-state index contributed by atoms with van der Waals surface area (Å²) < 4.78 is 1.44. The van der Waals surface area contributed by atoms with E-state index in [2.05, 4.69) is 10.6 Å². The summed E-state index contributed by atoms with van der Waals surface area (Å²) >= 11 is 0. The van der Waals surface area contributed by atoms with Crippen molar-refractivity contribution in [1.29, 1.82) is 0 Å². The monoisotopic (exact) mass is 360 g/mol. The molecule has 0 aliphatic carbocycles. The van der Waals surface area contributed by atoms with Gasteiger partial charge < -0.3 is 10.6 Å². The molecule has 2 N–H and O–H groups in total. The highest BCUT2D eigenvalue weighted by Gasteiger charge is 2.15. The van der Waals surface area contributed by atoms with Gasteiger partial charge in [-0.3, -0.25) is 14.0 Å². The maximum atomic E-state index is 13.0. The highest BCUT2D eigenvalue weighted by atomic mass is 16.2. The lowest BCUT2D eigenvalue weighted by molar-refractivity contribution is 0.0951. The SMILES string of the molecule is CN[C@@H](C)CNC(=O)c1cccn2c(=O)c3ccc4ccccc4c3nc12. The van der Waals surface area contributed by atoms with E-state index in [9.17, 15) is 9.59 Å². The number of nitrogens with one attached hydrogen (secondary N) is 2. The topological polar surface area (TPSA) is 75.5 Å². The summed E-state index contributed by atoms with van der Waals surface area (Å²) in [5.41, 5.74) is 1.18. The Balaban J connectivity index is 1.95. The average molecular weight is 360 g/mol. The molecule has 0 aliphatic rings. The molecule has 0 fully saturated rings. The molecule has 4 aromatic rings. The number of hydrogen-bond acceptors (Lipinski definition) is 4. The standard InChI is InChI=1S/C21H20N4O2/c1-13(22-2)12-23-20(26)17-8-5-11-25-19(17)24-18-15-7-4-3-6-14(15)9-10-16(18)21(25)27/h3-11,13,22H,12H2,1-2H3,(H,23,26)/t13-/m0/s1. The molecule has 2 aromatic heterocycles. The minimum atomic E-state index is -0.248. The van der Waals surface area contributed by atoms with Crippen LogP contribution < -0.4 is 16.2 Å². The van der Waals surface area contributed by atoms with Gasteiger partial charge in [-0.05, 0) is 37.6 Å². The minimum Gasteiger partial charge on any atom is -0.350 e. The van der Waals surface area contributed by atoms with E-state index in [4.69, 9.17) is 4.98 Å². The summed E-state index contributed by atoms with van der Waals surface area (Å²) in [6.07, 6.45) is 1.65. The minimum absolute atomic E-state index is 0.143. The first-order valence-electron chi connectivity index (χ1n) is 8.88. The fourth-order valence-corrected chi connectivity index (χ4v) is 3.18. The van der Waals surface area contributed by atoms with Crippen LogP contribution in [-0.2, 0) is 0 Å². The summed E-state index contributed by atoms with van der Waals surface area (Å²) in [4.78, 5) is 30.4. The first-order chi connectivity index (χ1) is 13.1. The molecule has 136 valence electrons. The third kappa shape index (κ3) is 2.94. The fraction of sp³-hybridized carbons (Fsp3) is 0.190. The molecule has 0 saturated heterocycles. The van der Waals surface area contributed by atoms with Crippen molar-refractivity contribution >= 4 is 33.2 Å². The molecule has 1 atom stereocenters. The van der Waals surface area contributed by atoms with Gasteiger partial charge in [0.1, 0.15) is 0 Å². The zero-order valence-corrected chi connectivity index (χ0v) is 15.2. The summed E-state index contributed by atoms with van der Waals surface area (Å²) in [6.45, 7) is 2.46. The average Bonchev–Trinajstić information content (AvgIpc) is 2.71. The van der Waals surface area contributed by atoms with E-state index < -0.39 is 0 Å². The lowest BCUT2D eigenvalue weighted by atomic mass is 10.1. The Morgan fingerprint density at radius 3 is 2.74 bits per heavy atom. The van der Waals surface area contributed by atoms with Gasteiger partial charge in [0.05, 0.1) is 16.5 Å². The summed E-state index contributed by atoms with van der Waals surface area (Å²) in [6, 6.07) is 15.0. The third-order valence-electron chi connectivity index (χ3n) is 4.84. The number of pyridine rings is 1. The van der Waals surface area contributed by atoms with Crippen molar-refractivity contribution < 1.29 is 4.79 Å². The van der Waals surface area contributed by atoms with Crippen LogP contribution in [0.4, 0.5) is 0 Å². The van der Waals surface area contributed by atoms with E-state index in [-0.39, 0.29) is 17.5 Å². The Labute approximate surface area is 155 Å². The first kappa shape index (κ1) is 17.2. The van der Waals surface area contributed by atoms with Gasteiger partial charge in [-0.1, -0.05) is 30.3 Å². The molecule has 0 unspecified atom stereocenters. The van der Waals surface area contributed by atoms with Crippen LogP contribution in [0.1, 0.15) is 17.3 Å². The van der Waals surface area contributed by atoms with Crippen LogP contribution in [0, 0.1) is 0 Å². The number of fused-ring (bicyclic) bond motifs is 4. The van der Waals surface area contributed by atoms with Gasteiger partial charge in [0, 0.05) is 24.2 Å². The molecule has 2 heterocycles. The predicted molar refractivity (Wildman–Crippen MR) is 107 cm³/mol. The van der Waals surface area contributed by atoms with Crippen LogP contribution in [0.25, 0.3) is 27.3 Å². The normalized spacial score (nSPS) is 12.5. The lowest BCUT2D eigenvalue weighted by Crippen LogP contribution is -2.37. The molecule has 27 heavy (non-hydrogen) atoms. The highest BCUT2D eigenvalue weighted by Crippen LogP contribution is 2.22. The van der Waals surface area contributed by atoms with Gasteiger partial charge in [-0.15, -0.1) is 0 Å². The number of amides is 1. The fourth-order valence-electron chi connectivity index (χ4n) is 3.18. The van der Waals surface area contributed by atoms with Crippen molar-refractivity contribution in [3.63, 3.8) is 0 Å². The second-order valence-corrected chi connectivity index (χ2v) is 6.62.